The van der Waals surface area contributed by atoms with Crippen LogP contribution in [0.5, 0.6) is 5.88 Å². The summed E-state index contributed by atoms with van der Waals surface area (Å²) < 4.78 is 7.61. The first-order valence-corrected chi connectivity index (χ1v) is 8.44. The van der Waals surface area contributed by atoms with E-state index in [0.717, 1.165) is 18.0 Å². The first-order chi connectivity index (χ1) is 10.9. The van der Waals surface area contributed by atoms with Crippen molar-refractivity contribution in [2.24, 2.45) is 5.92 Å². The predicted molar refractivity (Wildman–Crippen MR) is 86.0 cm³/mol. The van der Waals surface area contributed by atoms with E-state index in [1.54, 1.807) is 7.11 Å². The Kier molecular flexibility index (Phi) is 3.60. The predicted octanol–water partition coefficient (Wildman–Crippen LogP) is 4.22. The van der Waals surface area contributed by atoms with E-state index in [1.807, 2.05) is 18.6 Å². The highest BCUT2D eigenvalue weighted by molar-refractivity contribution is 5.67. The Hall–Kier alpha value is -1.84. The second-order valence-corrected chi connectivity index (χ2v) is 6.57. The normalized spacial score (nSPS) is 20.7. The summed E-state index contributed by atoms with van der Waals surface area (Å²) in [5.74, 6) is 1.61. The van der Waals surface area contributed by atoms with Gasteiger partial charge in [0, 0.05) is 11.6 Å². The lowest BCUT2D eigenvalue weighted by atomic mass is 9.85. The molecule has 4 rings (SSSR count). The zero-order valence-electron chi connectivity index (χ0n) is 13.2. The maximum absolute atomic E-state index is 5.32. The maximum Gasteiger partial charge on any atom is 0.213 e. The Morgan fingerprint density at radius 2 is 2.05 bits per heavy atom. The summed E-state index contributed by atoms with van der Waals surface area (Å²) >= 11 is 0. The van der Waals surface area contributed by atoms with E-state index in [-0.39, 0.29) is 0 Å². The summed E-state index contributed by atoms with van der Waals surface area (Å²) in [6.07, 6.45) is 13.4. The largest absolute Gasteiger partial charge is 0.481 e. The molecular formula is C18H23N3O. The minimum Gasteiger partial charge on any atom is -0.481 e. The molecule has 0 N–H and O–H groups in total. The third-order valence-electron chi connectivity index (χ3n) is 5.27. The van der Waals surface area contributed by atoms with Gasteiger partial charge < -0.3 is 9.30 Å². The number of fused-ring (bicyclic) bond motifs is 3. The lowest BCUT2D eigenvalue weighted by Gasteiger charge is -2.23. The van der Waals surface area contributed by atoms with Crippen LogP contribution in [0.25, 0.3) is 11.3 Å². The molecule has 2 aliphatic rings. The van der Waals surface area contributed by atoms with Crippen LogP contribution in [0.4, 0.5) is 0 Å². The highest BCUT2D eigenvalue weighted by atomic mass is 16.5. The van der Waals surface area contributed by atoms with Gasteiger partial charge >= 0.3 is 0 Å². The van der Waals surface area contributed by atoms with E-state index in [0.29, 0.717) is 11.9 Å². The van der Waals surface area contributed by atoms with Crippen LogP contribution in [0, 0.1) is 5.92 Å². The van der Waals surface area contributed by atoms with Gasteiger partial charge in [0.25, 0.3) is 0 Å². The van der Waals surface area contributed by atoms with Crippen molar-refractivity contribution < 1.29 is 4.74 Å². The van der Waals surface area contributed by atoms with E-state index in [2.05, 4.69) is 15.6 Å². The Morgan fingerprint density at radius 3 is 2.86 bits per heavy atom. The molecule has 1 saturated carbocycles. The van der Waals surface area contributed by atoms with Gasteiger partial charge in [-0.3, -0.25) is 0 Å². The molecule has 116 valence electrons. The van der Waals surface area contributed by atoms with Gasteiger partial charge in [0.05, 0.1) is 37.1 Å². The first kappa shape index (κ1) is 13.8. The molecule has 4 heteroatoms. The van der Waals surface area contributed by atoms with Crippen LogP contribution < -0.4 is 4.74 Å². The molecule has 0 aromatic carbocycles. The van der Waals surface area contributed by atoms with Crippen LogP contribution in [0.1, 0.15) is 56.7 Å². The van der Waals surface area contributed by atoms with Gasteiger partial charge in [0.15, 0.2) is 0 Å². The first-order valence-electron chi connectivity index (χ1n) is 8.44. The van der Waals surface area contributed by atoms with Crippen molar-refractivity contribution in [1.29, 1.82) is 0 Å². The summed E-state index contributed by atoms with van der Waals surface area (Å²) in [4.78, 5) is 9.07. The highest BCUT2D eigenvalue weighted by Crippen LogP contribution is 2.42. The Balaban J connectivity index is 1.59. The quantitative estimate of drug-likeness (QED) is 0.848. The number of pyridine rings is 1. The van der Waals surface area contributed by atoms with Crippen LogP contribution in [0.3, 0.4) is 0 Å². The fraction of sp³-hybridized carbons (Fsp3) is 0.556. The molecule has 2 aromatic rings. The average molecular weight is 297 g/mol. The van der Waals surface area contributed by atoms with Crippen molar-refractivity contribution in [2.75, 3.05) is 7.11 Å². The van der Waals surface area contributed by atoms with E-state index in [9.17, 15) is 0 Å². The smallest absolute Gasteiger partial charge is 0.213 e. The molecule has 0 bridgehead atoms. The lowest BCUT2D eigenvalue weighted by molar-refractivity contribution is 0.317. The number of imidazole rings is 1. The molecular weight excluding hydrogens is 274 g/mol. The molecule has 1 aliphatic heterocycles. The van der Waals surface area contributed by atoms with Gasteiger partial charge in [-0.05, 0) is 24.8 Å². The zero-order chi connectivity index (χ0) is 14.9. The van der Waals surface area contributed by atoms with Crippen LogP contribution in [0.2, 0.25) is 0 Å². The van der Waals surface area contributed by atoms with Gasteiger partial charge in [0.1, 0.15) is 0 Å². The van der Waals surface area contributed by atoms with Gasteiger partial charge in [-0.1, -0.05) is 32.1 Å². The minimum atomic E-state index is 0.324. The van der Waals surface area contributed by atoms with Gasteiger partial charge in [-0.25, -0.2) is 9.97 Å². The Labute approximate surface area is 131 Å². The molecule has 2 aromatic heterocycles. The van der Waals surface area contributed by atoms with E-state index < -0.39 is 0 Å². The lowest BCUT2D eigenvalue weighted by Crippen LogP contribution is -2.12. The number of methoxy groups -OCH3 is 1. The van der Waals surface area contributed by atoms with Crippen LogP contribution in [-0.4, -0.2) is 21.6 Å². The van der Waals surface area contributed by atoms with Gasteiger partial charge in [-0.15, -0.1) is 0 Å². The molecule has 1 fully saturated rings. The molecule has 0 saturated heterocycles. The highest BCUT2D eigenvalue weighted by Gasteiger charge is 2.30. The number of aromatic nitrogens is 3. The molecule has 3 heterocycles. The van der Waals surface area contributed by atoms with E-state index in [4.69, 9.17) is 9.72 Å². The van der Waals surface area contributed by atoms with E-state index >= 15 is 0 Å². The van der Waals surface area contributed by atoms with Crippen molar-refractivity contribution in [1.82, 2.24) is 14.5 Å². The van der Waals surface area contributed by atoms with Crippen molar-refractivity contribution in [2.45, 2.75) is 51.0 Å². The zero-order valence-corrected chi connectivity index (χ0v) is 13.2. The molecule has 1 aliphatic carbocycles. The number of hydrogen-bond acceptors (Lipinski definition) is 3. The number of hydrogen-bond donors (Lipinski definition) is 0. The monoisotopic (exact) mass is 297 g/mol. The SMILES string of the molecule is COc1ccc2c(n1)C(CCC1CCCCC1)n1cncc1-2. The third-order valence-corrected chi connectivity index (χ3v) is 5.27. The van der Waals surface area contributed by atoms with Crippen molar-refractivity contribution in [3.8, 4) is 17.1 Å². The summed E-state index contributed by atoms with van der Waals surface area (Å²) in [5.41, 5.74) is 3.57. The molecule has 1 atom stereocenters. The van der Waals surface area contributed by atoms with Gasteiger partial charge in [-0.2, -0.15) is 0 Å². The molecule has 22 heavy (non-hydrogen) atoms. The molecule has 0 spiro atoms. The van der Waals surface area contributed by atoms with Crippen molar-refractivity contribution in [3.63, 3.8) is 0 Å². The summed E-state index contributed by atoms with van der Waals surface area (Å²) in [6, 6.07) is 4.39. The topological polar surface area (TPSA) is 39.9 Å². The number of rotatable bonds is 4. The fourth-order valence-electron chi connectivity index (χ4n) is 4.08. The summed E-state index contributed by atoms with van der Waals surface area (Å²) in [7, 11) is 1.68. The molecule has 1 unspecified atom stereocenters. The number of ether oxygens (including phenoxy) is 1. The van der Waals surface area contributed by atoms with Gasteiger partial charge in [0.2, 0.25) is 5.88 Å². The minimum absolute atomic E-state index is 0.324. The van der Waals surface area contributed by atoms with Crippen molar-refractivity contribution in [3.05, 3.63) is 30.4 Å². The van der Waals surface area contributed by atoms with Crippen molar-refractivity contribution >= 4 is 0 Å². The Bertz CT molecular complexity index is 658. The molecule has 0 amide bonds. The third kappa shape index (κ3) is 2.31. The Morgan fingerprint density at radius 1 is 1.18 bits per heavy atom. The molecule has 4 nitrogen and oxygen atoms in total. The van der Waals surface area contributed by atoms with Crippen LogP contribution in [-0.2, 0) is 0 Å². The summed E-state index contributed by atoms with van der Waals surface area (Å²) in [5, 5.41) is 0. The van der Waals surface area contributed by atoms with Crippen LogP contribution in [0.15, 0.2) is 24.7 Å². The second-order valence-electron chi connectivity index (χ2n) is 6.57. The fourth-order valence-corrected chi connectivity index (χ4v) is 4.08. The van der Waals surface area contributed by atoms with Crippen LogP contribution >= 0.6 is 0 Å². The maximum atomic E-state index is 5.32. The number of nitrogens with zero attached hydrogens (tertiary/aromatic N) is 3. The summed E-state index contributed by atoms with van der Waals surface area (Å²) in [6.45, 7) is 0. The molecule has 0 radical (unpaired) electrons. The van der Waals surface area contributed by atoms with E-state index in [1.165, 1.54) is 49.8 Å². The standard InChI is InChI=1S/C18H23N3O/c1-22-17-10-8-14-16-11-19-12-21(16)15(18(14)20-17)9-7-13-5-3-2-4-6-13/h8,10-13,15H,2-7,9H2,1H3. The second kappa shape index (κ2) is 5.75. The average Bonchev–Trinajstić information content (AvgIpc) is 3.14.